The molecule has 2 aliphatic heterocycles. The van der Waals surface area contributed by atoms with E-state index in [0.29, 0.717) is 18.4 Å². The lowest BCUT2D eigenvalue weighted by Crippen LogP contribution is -2.48. The zero-order valence-corrected chi connectivity index (χ0v) is 15.6. The summed E-state index contributed by atoms with van der Waals surface area (Å²) >= 11 is 0. The van der Waals surface area contributed by atoms with E-state index in [-0.39, 0.29) is 23.9 Å². The van der Waals surface area contributed by atoms with Gasteiger partial charge in [-0.2, -0.15) is 0 Å². The summed E-state index contributed by atoms with van der Waals surface area (Å²) in [5, 5.41) is 2.98. The van der Waals surface area contributed by atoms with Crippen molar-refractivity contribution in [1.29, 1.82) is 0 Å². The average Bonchev–Trinajstić information content (AvgIpc) is 3.07. The fraction of sp³-hybridized carbons (Fsp3) is 0.842. The SMILES string of the molecule is CCC1=N[C@]2(CC[C@H]3CN(C(=O)NC(C)C)C[C@H]32)C(=O)N1CC1CC1. The summed E-state index contributed by atoms with van der Waals surface area (Å²) in [6, 6.07) is 0.133. The number of amidine groups is 1. The van der Waals surface area contributed by atoms with Crippen LogP contribution in [0.15, 0.2) is 4.99 Å². The maximum Gasteiger partial charge on any atom is 0.317 e. The van der Waals surface area contributed by atoms with E-state index >= 15 is 0 Å². The highest BCUT2D eigenvalue weighted by Crippen LogP contribution is 2.51. The second kappa shape index (κ2) is 5.99. The number of rotatable bonds is 4. The van der Waals surface area contributed by atoms with Gasteiger partial charge < -0.3 is 10.2 Å². The Kier molecular flexibility index (Phi) is 4.04. The van der Waals surface area contributed by atoms with Crippen LogP contribution in [0.5, 0.6) is 0 Å². The topological polar surface area (TPSA) is 65.0 Å². The van der Waals surface area contributed by atoms with Gasteiger partial charge in [0, 0.05) is 38.0 Å². The largest absolute Gasteiger partial charge is 0.336 e. The van der Waals surface area contributed by atoms with E-state index in [4.69, 9.17) is 4.99 Å². The molecule has 0 aromatic carbocycles. The number of amides is 3. The Morgan fingerprint density at radius 3 is 2.72 bits per heavy atom. The molecule has 0 unspecified atom stereocenters. The number of hydrogen-bond donors (Lipinski definition) is 1. The lowest BCUT2D eigenvalue weighted by Gasteiger charge is -2.28. The van der Waals surface area contributed by atoms with Crippen LogP contribution in [0.4, 0.5) is 4.79 Å². The van der Waals surface area contributed by atoms with Crippen LogP contribution in [-0.2, 0) is 4.79 Å². The first-order chi connectivity index (χ1) is 11.9. The number of likely N-dealkylation sites (tertiary alicyclic amines) is 1. The summed E-state index contributed by atoms with van der Waals surface area (Å²) in [7, 11) is 0. The molecular formula is C19H30N4O2. The minimum atomic E-state index is -0.586. The Bertz CT molecular complexity index is 613. The van der Waals surface area contributed by atoms with Gasteiger partial charge in [0.15, 0.2) is 0 Å². The normalized spacial score (nSPS) is 34.2. The number of carbonyl (C=O) groups excluding carboxylic acids is 2. The second-order valence-electron chi connectivity index (χ2n) is 8.58. The Labute approximate surface area is 150 Å². The van der Waals surface area contributed by atoms with Crippen molar-refractivity contribution in [1.82, 2.24) is 15.1 Å². The number of nitrogens with zero attached hydrogens (tertiary/aromatic N) is 3. The van der Waals surface area contributed by atoms with Gasteiger partial charge in [-0.25, -0.2) is 4.79 Å². The van der Waals surface area contributed by atoms with Gasteiger partial charge in [-0.15, -0.1) is 0 Å². The Balaban J connectivity index is 1.53. The first-order valence-electron chi connectivity index (χ1n) is 9.90. The molecule has 0 radical (unpaired) electrons. The molecule has 0 bridgehead atoms. The van der Waals surface area contributed by atoms with Gasteiger partial charge in [0.25, 0.3) is 5.91 Å². The van der Waals surface area contributed by atoms with Crippen LogP contribution >= 0.6 is 0 Å². The van der Waals surface area contributed by atoms with E-state index in [2.05, 4.69) is 12.2 Å². The summed E-state index contributed by atoms with van der Waals surface area (Å²) in [5.74, 6) is 2.45. The smallest absolute Gasteiger partial charge is 0.317 e. The predicted octanol–water partition coefficient (Wildman–Crippen LogP) is 2.25. The number of nitrogens with one attached hydrogen (secondary N) is 1. The molecule has 1 N–H and O–H groups in total. The molecule has 1 spiro atoms. The number of hydrogen-bond acceptors (Lipinski definition) is 3. The van der Waals surface area contributed by atoms with Crippen molar-refractivity contribution in [2.45, 2.75) is 64.5 Å². The predicted molar refractivity (Wildman–Crippen MR) is 96.3 cm³/mol. The van der Waals surface area contributed by atoms with Crippen molar-refractivity contribution < 1.29 is 9.59 Å². The number of urea groups is 1. The highest BCUT2D eigenvalue weighted by atomic mass is 16.2. The quantitative estimate of drug-likeness (QED) is 0.848. The lowest BCUT2D eigenvalue weighted by atomic mass is 9.85. The Morgan fingerprint density at radius 1 is 1.32 bits per heavy atom. The van der Waals surface area contributed by atoms with Gasteiger partial charge in [-0.3, -0.25) is 14.7 Å². The van der Waals surface area contributed by atoms with Crippen LogP contribution in [-0.4, -0.2) is 58.8 Å². The highest BCUT2D eigenvalue weighted by molar-refractivity contribution is 6.08. The molecule has 4 aliphatic rings. The molecule has 0 aromatic heterocycles. The highest BCUT2D eigenvalue weighted by Gasteiger charge is 2.61. The average molecular weight is 346 g/mol. The first-order valence-corrected chi connectivity index (χ1v) is 9.90. The molecule has 3 atom stereocenters. The van der Waals surface area contributed by atoms with Crippen LogP contribution in [0.25, 0.3) is 0 Å². The summed E-state index contributed by atoms with van der Waals surface area (Å²) in [6.45, 7) is 8.32. The first kappa shape index (κ1) is 16.9. The summed E-state index contributed by atoms with van der Waals surface area (Å²) in [5.41, 5.74) is -0.586. The molecule has 6 nitrogen and oxygen atoms in total. The van der Waals surface area contributed by atoms with E-state index in [1.807, 2.05) is 23.6 Å². The van der Waals surface area contributed by atoms with Crippen molar-refractivity contribution in [2.75, 3.05) is 19.6 Å². The number of carbonyl (C=O) groups is 2. The maximum atomic E-state index is 13.4. The van der Waals surface area contributed by atoms with Gasteiger partial charge in [0.2, 0.25) is 0 Å². The molecule has 2 heterocycles. The van der Waals surface area contributed by atoms with Crippen molar-refractivity contribution in [3.63, 3.8) is 0 Å². The fourth-order valence-electron chi connectivity index (χ4n) is 4.91. The van der Waals surface area contributed by atoms with Crippen LogP contribution < -0.4 is 5.32 Å². The lowest BCUT2D eigenvalue weighted by molar-refractivity contribution is -0.132. The molecule has 2 saturated carbocycles. The fourth-order valence-corrected chi connectivity index (χ4v) is 4.91. The molecule has 1 saturated heterocycles. The van der Waals surface area contributed by atoms with Crippen LogP contribution in [0.1, 0.15) is 52.9 Å². The minimum Gasteiger partial charge on any atom is -0.336 e. The van der Waals surface area contributed by atoms with Gasteiger partial charge in [-0.05, 0) is 51.4 Å². The van der Waals surface area contributed by atoms with Crippen molar-refractivity contribution in [3.8, 4) is 0 Å². The van der Waals surface area contributed by atoms with Gasteiger partial charge in [0.05, 0.1) is 0 Å². The van der Waals surface area contributed by atoms with Crippen LogP contribution in [0.3, 0.4) is 0 Å². The van der Waals surface area contributed by atoms with Gasteiger partial charge >= 0.3 is 6.03 Å². The van der Waals surface area contributed by atoms with Crippen molar-refractivity contribution in [2.24, 2.45) is 22.7 Å². The summed E-state index contributed by atoms with van der Waals surface area (Å²) in [4.78, 5) is 34.6. The van der Waals surface area contributed by atoms with Crippen LogP contribution in [0.2, 0.25) is 0 Å². The number of aliphatic imine (C=N–C) groups is 1. The molecule has 3 fully saturated rings. The Hall–Kier alpha value is -1.59. The van der Waals surface area contributed by atoms with Gasteiger partial charge in [0.1, 0.15) is 11.4 Å². The summed E-state index contributed by atoms with van der Waals surface area (Å²) in [6.07, 6.45) is 5.15. The minimum absolute atomic E-state index is 0.000438. The molecule has 2 aliphatic carbocycles. The van der Waals surface area contributed by atoms with Gasteiger partial charge in [-0.1, -0.05) is 6.92 Å². The Morgan fingerprint density at radius 2 is 2.08 bits per heavy atom. The molecule has 138 valence electrons. The molecule has 4 rings (SSSR count). The van der Waals surface area contributed by atoms with Crippen molar-refractivity contribution >= 4 is 17.8 Å². The molecule has 25 heavy (non-hydrogen) atoms. The standard InChI is InChI=1S/C19H30N4O2/c1-4-16-21-19(17(24)23(16)9-13-5-6-13)8-7-14-10-22(11-15(14)19)18(25)20-12(2)3/h12-15H,4-11H2,1-3H3,(H,20,25)/t14-,15+,19-/m0/s1. The third-order valence-corrected chi connectivity index (χ3v) is 6.36. The molecule has 3 amide bonds. The third kappa shape index (κ3) is 2.74. The van der Waals surface area contributed by atoms with Crippen molar-refractivity contribution in [3.05, 3.63) is 0 Å². The molecule has 6 heteroatoms. The van der Waals surface area contributed by atoms with E-state index < -0.39 is 5.54 Å². The van der Waals surface area contributed by atoms with E-state index in [1.165, 1.54) is 12.8 Å². The zero-order valence-electron chi connectivity index (χ0n) is 15.6. The third-order valence-electron chi connectivity index (χ3n) is 6.36. The maximum absolute atomic E-state index is 13.4. The molecule has 0 aromatic rings. The van der Waals surface area contributed by atoms with E-state index in [1.54, 1.807) is 0 Å². The zero-order chi connectivity index (χ0) is 17.8. The second-order valence-corrected chi connectivity index (χ2v) is 8.58. The summed E-state index contributed by atoms with van der Waals surface area (Å²) < 4.78 is 0. The molecular weight excluding hydrogens is 316 g/mol. The van der Waals surface area contributed by atoms with Crippen LogP contribution in [0, 0.1) is 17.8 Å². The monoisotopic (exact) mass is 346 g/mol. The number of fused-ring (bicyclic) bond motifs is 2. The van der Waals surface area contributed by atoms with E-state index in [9.17, 15) is 9.59 Å². The van der Waals surface area contributed by atoms with E-state index in [0.717, 1.165) is 38.2 Å².